The van der Waals surface area contributed by atoms with E-state index in [1.807, 2.05) is 30.3 Å². The van der Waals surface area contributed by atoms with E-state index in [1.54, 1.807) is 0 Å². The zero-order valence-electron chi connectivity index (χ0n) is 16.4. The molecule has 2 N–H and O–H groups in total. The van der Waals surface area contributed by atoms with Gasteiger partial charge in [-0.1, -0.05) is 23.7 Å². The molecular weight excluding hydrogens is 370 g/mol. The summed E-state index contributed by atoms with van der Waals surface area (Å²) in [4.78, 5) is 12.7. The number of nitrogens with zero attached hydrogens (tertiary/aromatic N) is 1. The van der Waals surface area contributed by atoms with Gasteiger partial charge in [0, 0.05) is 23.8 Å². The highest BCUT2D eigenvalue weighted by atomic mass is 35.5. The maximum absolute atomic E-state index is 12.7. The molecule has 0 aromatic heterocycles. The number of rotatable bonds is 6. The van der Waals surface area contributed by atoms with Gasteiger partial charge in [0.25, 0.3) is 5.91 Å². The molecule has 1 aromatic carbocycles. The fourth-order valence-corrected chi connectivity index (χ4v) is 6.28. The minimum Gasteiger partial charge on any atom is -0.386 e. The number of amides is 1. The van der Waals surface area contributed by atoms with E-state index in [0.29, 0.717) is 11.6 Å². The first-order chi connectivity index (χ1) is 13.5. The van der Waals surface area contributed by atoms with Crippen LogP contribution in [0.3, 0.4) is 0 Å². The molecule has 4 aliphatic carbocycles. The van der Waals surface area contributed by atoms with Gasteiger partial charge >= 0.3 is 0 Å². The molecule has 4 nitrogen and oxygen atoms in total. The van der Waals surface area contributed by atoms with Crippen LogP contribution in [0.5, 0.6) is 0 Å². The smallest absolute Gasteiger partial charge is 0.263 e. The number of nitrogens with one attached hydrogen (secondary N) is 2. The van der Waals surface area contributed by atoms with Gasteiger partial charge in [0.1, 0.15) is 11.6 Å². The highest BCUT2D eigenvalue weighted by Crippen LogP contribution is 2.61. The third kappa shape index (κ3) is 3.91. The van der Waals surface area contributed by atoms with Crippen molar-refractivity contribution in [3.63, 3.8) is 0 Å². The lowest BCUT2D eigenvalue weighted by atomic mass is 9.48. The Labute approximate surface area is 172 Å². The van der Waals surface area contributed by atoms with Gasteiger partial charge in [0.15, 0.2) is 0 Å². The predicted octanol–water partition coefficient (Wildman–Crippen LogP) is 4.56. The van der Waals surface area contributed by atoms with Crippen molar-refractivity contribution in [3.05, 3.63) is 46.6 Å². The lowest BCUT2D eigenvalue weighted by Crippen LogP contribution is -2.56. The summed E-state index contributed by atoms with van der Waals surface area (Å²) in [5.74, 6) is 2.27. The second-order valence-corrected chi connectivity index (χ2v) is 9.59. The molecule has 0 spiro atoms. The number of hydrogen-bond acceptors (Lipinski definition) is 3. The van der Waals surface area contributed by atoms with Crippen LogP contribution in [-0.4, -0.2) is 11.9 Å². The Morgan fingerprint density at radius 2 is 1.79 bits per heavy atom. The first-order valence-corrected chi connectivity index (χ1v) is 10.7. The van der Waals surface area contributed by atoms with E-state index in [4.69, 9.17) is 11.6 Å². The average molecular weight is 398 g/mol. The fraction of sp³-hybridized carbons (Fsp3) is 0.565. The Morgan fingerprint density at radius 3 is 2.32 bits per heavy atom. The molecule has 28 heavy (non-hydrogen) atoms. The largest absolute Gasteiger partial charge is 0.386 e. The molecule has 5 heteroatoms. The minimum absolute atomic E-state index is 0.112. The monoisotopic (exact) mass is 397 g/mol. The topological polar surface area (TPSA) is 64.9 Å². The maximum Gasteiger partial charge on any atom is 0.263 e. The standard InChI is InChI=1S/C23H28ClN3O/c1-15(23-9-17-6-18(10-23)8-19(7-17)11-23)27-22(28)20(12-25)14-26-13-16-2-4-21(24)5-3-16/h2-5,14-15,17-19,26H,6-11,13H2,1H3,(H,27,28)/b20-14-. The van der Waals surface area contributed by atoms with Gasteiger partial charge in [-0.05, 0) is 86.3 Å². The van der Waals surface area contributed by atoms with E-state index >= 15 is 0 Å². The van der Waals surface area contributed by atoms with Crippen LogP contribution in [-0.2, 0) is 11.3 Å². The van der Waals surface area contributed by atoms with Gasteiger partial charge in [-0.15, -0.1) is 0 Å². The molecule has 0 heterocycles. The Hall–Kier alpha value is -1.99. The first kappa shape index (κ1) is 19.3. The van der Waals surface area contributed by atoms with Crippen LogP contribution in [0.1, 0.15) is 51.0 Å². The van der Waals surface area contributed by atoms with Gasteiger partial charge in [-0.3, -0.25) is 4.79 Å². The predicted molar refractivity (Wildman–Crippen MR) is 110 cm³/mol. The third-order valence-corrected chi connectivity index (χ3v) is 7.43. The van der Waals surface area contributed by atoms with Crippen LogP contribution in [0.4, 0.5) is 0 Å². The number of benzene rings is 1. The summed E-state index contributed by atoms with van der Waals surface area (Å²) in [6.45, 7) is 2.68. The quantitative estimate of drug-likeness (QED) is 0.546. The zero-order valence-corrected chi connectivity index (χ0v) is 17.1. The van der Waals surface area contributed by atoms with Crippen molar-refractivity contribution in [2.45, 2.75) is 58.0 Å². The third-order valence-electron chi connectivity index (χ3n) is 7.18. The molecule has 148 valence electrons. The molecular formula is C23H28ClN3O. The van der Waals surface area contributed by atoms with Crippen molar-refractivity contribution in [1.82, 2.24) is 10.6 Å². The molecule has 5 rings (SSSR count). The van der Waals surface area contributed by atoms with Crippen LogP contribution in [0.2, 0.25) is 5.02 Å². The summed E-state index contributed by atoms with van der Waals surface area (Å²) in [5, 5.41) is 16.4. The van der Waals surface area contributed by atoms with Crippen molar-refractivity contribution in [1.29, 1.82) is 5.26 Å². The van der Waals surface area contributed by atoms with Crippen molar-refractivity contribution in [2.75, 3.05) is 0 Å². The van der Waals surface area contributed by atoms with E-state index in [2.05, 4.69) is 17.6 Å². The van der Waals surface area contributed by atoms with Gasteiger partial charge in [-0.2, -0.15) is 5.26 Å². The van der Waals surface area contributed by atoms with Gasteiger partial charge in [-0.25, -0.2) is 0 Å². The van der Waals surface area contributed by atoms with Crippen LogP contribution in [0.25, 0.3) is 0 Å². The Balaban J connectivity index is 1.36. The van der Waals surface area contributed by atoms with Crippen LogP contribution in [0, 0.1) is 34.5 Å². The van der Waals surface area contributed by atoms with Crippen molar-refractivity contribution in [3.8, 4) is 6.07 Å². The molecule has 4 bridgehead atoms. The number of hydrogen-bond donors (Lipinski definition) is 2. The van der Waals surface area contributed by atoms with E-state index in [9.17, 15) is 10.1 Å². The summed E-state index contributed by atoms with van der Waals surface area (Å²) in [6, 6.07) is 9.65. The number of carbonyl (C=O) groups is 1. The van der Waals surface area contributed by atoms with Crippen LogP contribution >= 0.6 is 11.6 Å². The summed E-state index contributed by atoms with van der Waals surface area (Å²) in [6.07, 6.45) is 9.40. The second-order valence-electron chi connectivity index (χ2n) is 9.15. The zero-order chi connectivity index (χ0) is 19.7. The van der Waals surface area contributed by atoms with Crippen molar-refractivity contribution >= 4 is 17.5 Å². The Bertz CT molecular complexity index is 773. The number of halogens is 1. The Morgan fingerprint density at radius 1 is 1.21 bits per heavy atom. The second kappa shape index (κ2) is 7.79. The lowest BCUT2D eigenvalue weighted by molar-refractivity contribution is -0.122. The maximum atomic E-state index is 12.7. The molecule has 1 amide bonds. The van der Waals surface area contributed by atoms with E-state index in [0.717, 1.165) is 23.3 Å². The lowest BCUT2D eigenvalue weighted by Gasteiger charge is -2.59. The van der Waals surface area contributed by atoms with Gasteiger partial charge in [0.2, 0.25) is 0 Å². The summed E-state index contributed by atoms with van der Waals surface area (Å²) < 4.78 is 0. The fourth-order valence-electron chi connectivity index (χ4n) is 6.16. The molecule has 0 radical (unpaired) electrons. The molecule has 4 fully saturated rings. The van der Waals surface area contributed by atoms with Crippen LogP contribution in [0.15, 0.2) is 36.0 Å². The molecule has 4 aliphatic rings. The highest BCUT2D eigenvalue weighted by Gasteiger charge is 2.53. The van der Waals surface area contributed by atoms with E-state index in [1.165, 1.54) is 44.7 Å². The number of carbonyl (C=O) groups excluding carboxylic acids is 1. The van der Waals surface area contributed by atoms with E-state index in [-0.39, 0.29) is 22.9 Å². The SMILES string of the molecule is CC(NC(=O)/C(C#N)=C\NCc1ccc(Cl)cc1)C12CC3CC(CC(C3)C1)C2. The summed E-state index contributed by atoms with van der Waals surface area (Å²) >= 11 is 5.89. The van der Waals surface area contributed by atoms with Crippen molar-refractivity contribution in [2.24, 2.45) is 23.2 Å². The van der Waals surface area contributed by atoms with E-state index < -0.39 is 0 Å². The minimum atomic E-state index is -0.269. The number of nitriles is 1. The average Bonchev–Trinajstić information content (AvgIpc) is 2.65. The molecule has 1 atom stereocenters. The molecule has 0 aliphatic heterocycles. The van der Waals surface area contributed by atoms with Crippen molar-refractivity contribution < 1.29 is 4.79 Å². The summed E-state index contributed by atoms with van der Waals surface area (Å²) in [5.41, 5.74) is 1.41. The molecule has 0 saturated heterocycles. The molecule has 4 saturated carbocycles. The summed E-state index contributed by atoms with van der Waals surface area (Å²) in [7, 11) is 0. The molecule has 1 aromatic rings. The first-order valence-electron chi connectivity index (χ1n) is 10.4. The van der Waals surface area contributed by atoms with Gasteiger partial charge < -0.3 is 10.6 Å². The normalized spacial score (nSPS) is 31.9. The Kier molecular flexibility index (Phi) is 5.38. The molecule has 1 unspecified atom stereocenters. The van der Waals surface area contributed by atoms with Crippen LogP contribution < -0.4 is 10.6 Å². The van der Waals surface area contributed by atoms with Gasteiger partial charge in [0.05, 0.1) is 0 Å². The highest BCUT2D eigenvalue weighted by molar-refractivity contribution is 6.30.